The smallest absolute Gasteiger partial charge is 0.396 e. The number of thiol groups is 1. The first-order valence-corrected chi connectivity index (χ1v) is 4.85. The van der Waals surface area contributed by atoms with Gasteiger partial charge in [-0.05, 0) is 12.9 Å². The molecule has 0 N–H and O–H groups in total. The van der Waals surface area contributed by atoms with Gasteiger partial charge in [0.25, 0.3) is 6.47 Å². The van der Waals surface area contributed by atoms with Gasteiger partial charge in [0.15, 0.2) is 0 Å². The fraction of sp³-hybridized carbons (Fsp3) is 0. The molecule has 1 aliphatic heterocycles. The molecule has 1 fully saturated rings. The van der Waals surface area contributed by atoms with Crippen molar-refractivity contribution in [3.63, 3.8) is 0 Å². The van der Waals surface area contributed by atoms with Crippen LogP contribution in [0, 0.1) is 0 Å². The Morgan fingerprint density at radius 3 is 2.60 bits per heavy atom. The van der Waals surface area contributed by atoms with Gasteiger partial charge in [-0.1, -0.05) is 0 Å². The van der Waals surface area contributed by atoms with E-state index in [1.165, 1.54) is 0 Å². The Kier molecular flexibility index (Phi) is 2.68. The summed E-state index contributed by atoms with van der Waals surface area (Å²) in [7, 11) is -5.25. The SMILES string of the molecule is O=COP1OP(=O)(OS)O1. The molecular weight excluding hydrogens is 202 g/mol. The second-order valence-electron chi connectivity index (χ2n) is 1.12. The summed E-state index contributed by atoms with van der Waals surface area (Å²) in [6.07, 6.45) is 0. The lowest BCUT2D eigenvalue weighted by molar-refractivity contribution is -0.121. The van der Waals surface area contributed by atoms with Crippen molar-refractivity contribution < 1.29 is 26.5 Å². The molecule has 58 valence electrons. The zero-order chi connectivity index (χ0) is 7.61. The first kappa shape index (κ1) is 8.46. The first-order chi connectivity index (χ1) is 4.70. The van der Waals surface area contributed by atoms with Crippen LogP contribution < -0.4 is 0 Å². The van der Waals surface area contributed by atoms with Crippen molar-refractivity contribution in [1.29, 1.82) is 0 Å². The lowest BCUT2D eigenvalue weighted by Crippen LogP contribution is -2.02. The highest BCUT2D eigenvalue weighted by molar-refractivity contribution is 7.84. The summed E-state index contributed by atoms with van der Waals surface area (Å²) < 4.78 is 27.4. The van der Waals surface area contributed by atoms with Crippen LogP contribution in [0.5, 0.6) is 0 Å². The molecule has 1 rings (SSSR count). The molecule has 6 nitrogen and oxygen atoms in total. The zero-order valence-corrected chi connectivity index (χ0v) is 7.05. The lowest BCUT2D eigenvalue weighted by Gasteiger charge is -2.26. The monoisotopic (exact) mass is 204 g/mol. The van der Waals surface area contributed by atoms with Crippen molar-refractivity contribution in [2.45, 2.75) is 0 Å². The van der Waals surface area contributed by atoms with E-state index < -0.39 is 16.4 Å². The van der Waals surface area contributed by atoms with Gasteiger partial charge in [0.1, 0.15) is 0 Å². The molecule has 0 aromatic heterocycles. The van der Waals surface area contributed by atoms with E-state index in [-0.39, 0.29) is 6.47 Å². The molecule has 1 aliphatic rings. The number of hydrogen-bond donors (Lipinski definition) is 1. The minimum absolute atomic E-state index is 0.133. The van der Waals surface area contributed by atoms with Crippen LogP contribution in [0.2, 0.25) is 0 Å². The highest BCUT2D eigenvalue weighted by Gasteiger charge is 2.49. The van der Waals surface area contributed by atoms with Crippen LogP contribution >= 0.6 is 29.3 Å². The Labute approximate surface area is 63.0 Å². The quantitative estimate of drug-likeness (QED) is 0.324. The molecule has 0 aromatic carbocycles. The molecule has 0 radical (unpaired) electrons. The number of carbonyl (C=O) groups is 1. The van der Waals surface area contributed by atoms with Gasteiger partial charge >= 0.3 is 16.4 Å². The summed E-state index contributed by atoms with van der Waals surface area (Å²) in [4.78, 5) is 9.59. The Morgan fingerprint density at radius 1 is 1.60 bits per heavy atom. The van der Waals surface area contributed by atoms with E-state index in [0.29, 0.717) is 0 Å². The third-order valence-electron chi connectivity index (χ3n) is 0.562. The molecule has 0 aromatic rings. The summed E-state index contributed by atoms with van der Waals surface area (Å²) in [5.41, 5.74) is 0. The predicted molar refractivity (Wildman–Crippen MR) is 33.9 cm³/mol. The Morgan fingerprint density at radius 2 is 2.20 bits per heavy atom. The second-order valence-corrected chi connectivity index (χ2v) is 4.63. The molecule has 0 amide bonds. The highest BCUT2D eigenvalue weighted by Crippen LogP contribution is 2.78. The molecule has 0 aliphatic carbocycles. The minimum atomic E-state index is -3.45. The highest BCUT2D eigenvalue weighted by atomic mass is 32.1. The second kappa shape index (κ2) is 3.17. The van der Waals surface area contributed by atoms with Gasteiger partial charge in [0.2, 0.25) is 0 Å². The summed E-state index contributed by atoms with van der Waals surface area (Å²) in [5.74, 6) is 0. The zero-order valence-electron chi connectivity index (χ0n) is 4.37. The Hall–Kier alpha value is 0.360. The number of phosphoric acid groups is 1. The third kappa shape index (κ3) is 1.69. The van der Waals surface area contributed by atoms with Gasteiger partial charge in [0.05, 0.1) is 0 Å². The van der Waals surface area contributed by atoms with Gasteiger partial charge in [-0.2, -0.15) is 8.62 Å². The van der Waals surface area contributed by atoms with Crippen LogP contribution in [0.4, 0.5) is 0 Å². The van der Waals surface area contributed by atoms with Crippen LogP contribution in [0.25, 0.3) is 0 Å². The van der Waals surface area contributed by atoms with E-state index in [0.717, 1.165) is 0 Å². The molecule has 10 heavy (non-hydrogen) atoms. The van der Waals surface area contributed by atoms with Crippen molar-refractivity contribution in [2.75, 3.05) is 0 Å². The van der Waals surface area contributed by atoms with E-state index in [2.05, 4.69) is 30.0 Å². The topological polar surface area (TPSA) is 71.1 Å². The van der Waals surface area contributed by atoms with Crippen LogP contribution in [0.3, 0.4) is 0 Å². The van der Waals surface area contributed by atoms with Crippen molar-refractivity contribution in [3.05, 3.63) is 0 Å². The van der Waals surface area contributed by atoms with E-state index in [9.17, 15) is 9.36 Å². The van der Waals surface area contributed by atoms with Crippen molar-refractivity contribution >= 4 is 35.8 Å². The van der Waals surface area contributed by atoms with E-state index in [1.807, 2.05) is 0 Å². The molecule has 1 heterocycles. The average Bonchev–Trinajstić information content (AvgIpc) is 1.85. The first-order valence-electron chi connectivity index (χ1n) is 1.93. The van der Waals surface area contributed by atoms with Crippen LogP contribution in [0.1, 0.15) is 0 Å². The third-order valence-corrected chi connectivity index (χ3v) is 4.29. The van der Waals surface area contributed by atoms with Gasteiger partial charge in [0, 0.05) is 0 Å². The normalized spacial score (nSPS) is 38.3. The number of rotatable bonds is 3. The summed E-state index contributed by atoms with van der Waals surface area (Å²) >= 11 is 3.19. The maximum atomic E-state index is 10.6. The van der Waals surface area contributed by atoms with Crippen LogP contribution in [-0.4, -0.2) is 6.47 Å². The fourth-order valence-electron chi connectivity index (χ4n) is 0.273. The van der Waals surface area contributed by atoms with Gasteiger partial charge in [-0.25, -0.2) is 8.54 Å². The van der Waals surface area contributed by atoms with E-state index in [4.69, 9.17) is 0 Å². The largest absolute Gasteiger partial charge is 0.501 e. The predicted octanol–water partition coefficient (Wildman–Crippen LogP) is 1.40. The molecule has 0 spiro atoms. The molecule has 0 unspecified atom stereocenters. The molecule has 1 saturated heterocycles. The van der Waals surface area contributed by atoms with E-state index >= 15 is 0 Å². The summed E-state index contributed by atoms with van der Waals surface area (Å²) in [6.45, 7) is 0.133. The van der Waals surface area contributed by atoms with Crippen LogP contribution in [0.15, 0.2) is 0 Å². The van der Waals surface area contributed by atoms with Crippen LogP contribution in [-0.2, 0) is 26.5 Å². The van der Waals surface area contributed by atoms with E-state index in [1.54, 1.807) is 0 Å². The molecule has 9 heteroatoms. The molecule has 0 bridgehead atoms. The molecule has 0 atom stereocenters. The summed E-state index contributed by atoms with van der Waals surface area (Å²) in [6, 6.07) is 0. The van der Waals surface area contributed by atoms with Crippen molar-refractivity contribution in [1.82, 2.24) is 0 Å². The number of hydrogen-bond acceptors (Lipinski definition) is 7. The lowest BCUT2D eigenvalue weighted by atomic mass is 11.7. The molecule has 0 saturated carbocycles. The van der Waals surface area contributed by atoms with Gasteiger partial charge < -0.3 is 4.52 Å². The fourth-order valence-corrected chi connectivity index (χ4v) is 2.78. The average molecular weight is 204 g/mol. The van der Waals surface area contributed by atoms with Gasteiger partial charge in [-0.3, -0.25) is 4.79 Å². The van der Waals surface area contributed by atoms with Crippen molar-refractivity contribution in [3.8, 4) is 0 Å². The van der Waals surface area contributed by atoms with Gasteiger partial charge in [-0.15, -0.1) is 0 Å². The number of carbonyl (C=O) groups excluding carboxylic acids is 1. The standard InChI is InChI=1S/CH2O6P2S/c2-1-4-8-5-9(3,6-8)7-10/h1,10H. The molecular formula is CH2O6P2S. The Bertz CT molecular complexity index is 171. The summed E-state index contributed by atoms with van der Waals surface area (Å²) in [5, 5.41) is 0. The maximum Gasteiger partial charge on any atom is 0.501 e. The Balaban J connectivity index is 2.29. The maximum absolute atomic E-state index is 10.6. The minimum Gasteiger partial charge on any atom is -0.396 e. The van der Waals surface area contributed by atoms with Crippen molar-refractivity contribution in [2.24, 2.45) is 0 Å².